The summed E-state index contributed by atoms with van der Waals surface area (Å²) < 4.78 is 27.9. The van der Waals surface area contributed by atoms with Gasteiger partial charge in [0.1, 0.15) is 5.69 Å². The van der Waals surface area contributed by atoms with Gasteiger partial charge in [0.15, 0.2) is 6.61 Å². The zero-order chi connectivity index (χ0) is 18.2. The SMILES string of the molecule is CC1Cc2cc(S(N)(=O)=O)ccc2N1C(=O)COC(=O)c1ccn[nH]1. The Kier molecular flexibility index (Phi) is 4.31. The third kappa shape index (κ3) is 3.39. The Morgan fingerprint density at radius 3 is 2.80 bits per heavy atom. The van der Waals surface area contributed by atoms with E-state index in [1.54, 1.807) is 0 Å². The van der Waals surface area contributed by atoms with Gasteiger partial charge >= 0.3 is 5.97 Å². The summed E-state index contributed by atoms with van der Waals surface area (Å²) in [5.41, 5.74) is 1.44. The predicted molar refractivity (Wildman–Crippen MR) is 87.3 cm³/mol. The average Bonchev–Trinajstić information content (AvgIpc) is 3.17. The average molecular weight is 364 g/mol. The van der Waals surface area contributed by atoms with Gasteiger partial charge in [-0.25, -0.2) is 18.4 Å². The maximum atomic E-state index is 12.5. The number of amides is 1. The van der Waals surface area contributed by atoms with E-state index in [9.17, 15) is 18.0 Å². The van der Waals surface area contributed by atoms with Crippen molar-refractivity contribution in [3.8, 4) is 0 Å². The molecule has 0 saturated heterocycles. The number of aromatic amines is 1. The first-order valence-corrected chi connectivity index (χ1v) is 8.96. The van der Waals surface area contributed by atoms with Gasteiger partial charge in [0.25, 0.3) is 5.91 Å². The summed E-state index contributed by atoms with van der Waals surface area (Å²) in [6.07, 6.45) is 1.89. The summed E-state index contributed by atoms with van der Waals surface area (Å²) in [5.74, 6) is -1.08. The van der Waals surface area contributed by atoms with E-state index in [-0.39, 0.29) is 16.6 Å². The zero-order valence-corrected chi connectivity index (χ0v) is 14.1. The number of fused-ring (bicyclic) bond motifs is 1. The normalized spacial score (nSPS) is 16.6. The fourth-order valence-corrected chi connectivity index (χ4v) is 3.37. The molecule has 10 heteroatoms. The maximum absolute atomic E-state index is 12.5. The second-order valence-electron chi connectivity index (χ2n) is 5.70. The molecule has 0 fully saturated rings. The van der Waals surface area contributed by atoms with Crippen LogP contribution in [0.25, 0.3) is 0 Å². The molecule has 1 aliphatic rings. The van der Waals surface area contributed by atoms with Crippen molar-refractivity contribution in [1.29, 1.82) is 0 Å². The van der Waals surface area contributed by atoms with Gasteiger partial charge in [0, 0.05) is 17.9 Å². The van der Waals surface area contributed by atoms with Crippen LogP contribution in [0, 0.1) is 0 Å². The number of rotatable bonds is 4. The van der Waals surface area contributed by atoms with Crippen molar-refractivity contribution in [2.45, 2.75) is 24.3 Å². The smallest absolute Gasteiger partial charge is 0.356 e. The first-order valence-electron chi connectivity index (χ1n) is 7.41. The number of nitrogens with two attached hydrogens (primary N) is 1. The number of sulfonamides is 1. The Hall–Kier alpha value is -2.72. The molecule has 3 rings (SSSR count). The van der Waals surface area contributed by atoms with E-state index >= 15 is 0 Å². The largest absolute Gasteiger partial charge is 0.451 e. The van der Waals surface area contributed by atoms with Gasteiger partial charge in [-0.3, -0.25) is 9.89 Å². The number of carbonyl (C=O) groups excluding carboxylic acids is 2. The Morgan fingerprint density at radius 2 is 2.16 bits per heavy atom. The molecular weight excluding hydrogens is 348 g/mol. The Bertz CT molecular complexity index is 923. The number of H-pyrrole nitrogens is 1. The lowest BCUT2D eigenvalue weighted by molar-refractivity contribution is -0.122. The highest BCUT2D eigenvalue weighted by atomic mass is 32.2. The molecule has 1 atom stereocenters. The summed E-state index contributed by atoms with van der Waals surface area (Å²) >= 11 is 0. The fourth-order valence-electron chi connectivity index (χ4n) is 2.81. The van der Waals surface area contributed by atoms with Crippen LogP contribution in [0.1, 0.15) is 23.0 Å². The van der Waals surface area contributed by atoms with E-state index < -0.39 is 28.5 Å². The second kappa shape index (κ2) is 6.30. The van der Waals surface area contributed by atoms with Crippen molar-refractivity contribution in [1.82, 2.24) is 10.2 Å². The minimum Gasteiger partial charge on any atom is -0.451 e. The summed E-state index contributed by atoms with van der Waals surface area (Å²) in [7, 11) is -3.81. The van der Waals surface area contributed by atoms with Crippen LogP contribution in [0.3, 0.4) is 0 Å². The highest BCUT2D eigenvalue weighted by Gasteiger charge is 2.32. The van der Waals surface area contributed by atoms with Crippen LogP contribution in [-0.2, 0) is 26.0 Å². The van der Waals surface area contributed by atoms with Crippen LogP contribution in [-0.4, -0.2) is 43.1 Å². The summed E-state index contributed by atoms with van der Waals surface area (Å²) in [4.78, 5) is 25.7. The number of hydrogen-bond acceptors (Lipinski definition) is 6. The molecule has 0 bridgehead atoms. The first kappa shape index (κ1) is 17.1. The molecule has 0 aliphatic carbocycles. The number of anilines is 1. The van der Waals surface area contributed by atoms with Crippen LogP contribution in [0.4, 0.5) is 5.69 Å². The number of nitrogens with zero attached hydrogens (tertiary/aromatic N) is 2. The number of hydrogen-bond donors (Lipinski definition) is 2. The zero-order valence-electron chi connectivity index (χ0n) is 13.3. The molecule has 9 nitrogen and oxygen atoms in total. The molecule has 3 N–H and O–H groups in total. The lowest BCUT2D eigenvalue weighted by atomic mass is 10.1. The van der Waals surface area contributed by atoms with Crippen molar-refractivity contribution >= 4 is 27.6 Å². The Labute approximate surface area is 143 Å². The van der Waals surface area contributed by atoms with Gasteiger partial charge in [0.2, 0.25) is 10.0 Å². The molecule has 132 valence electrons. The van der Waals surface area contributed by atoms with Crippen molar-refractivity contribution in [3.05, 3.63) is 41.7 Å². The van der Waals surface area contributed by atoms with Crippen molar-refractivity contribution in [3.63, 3.8) is 0 Å². The molecule has 1 aliphatic heterocycles. The minimum atomic E-state index is -3.81. The van der Waals surface area contributed by atoms with Crippen molar-refractivity contribution in [2.75, 3.05) is 11.5 Å². The van der Waals surface area contributed by atoms with E-state index in [1.807, 2.05) is 6.92 Å². The molecule has 1 aromatic carbocycles. The third-order valence-electron chi connectivity index (χ3n) is 3.91. The van der Waals surface area contributed by atoms with E-state index in [4.69, 9.17) is 9.88 Å². The standard InChI is InChI=1S/C15H16N4O5S/c1-9-6-10-7-11(25(16,22)23)2-3-13(10)19(9)14(20)8-24-15(21)12-4-5-17-18-12/h2-5,7,9H,6,8H2,1H3,(H,17,18)(H2,16,22,23). The predicted octanol–water partition coefficient (Wildman–Crippen LogP) is 0.192. The molecule has 1 amide bonds. The molecule has 25 heavy (non-hydrogen) atoms. The van der Waals surface area contributed by atoms with Crippen LogP contribution in [0.5, 0.6) is 0 Å². The van der Waals surface area contributed by atoms with Gasteiger partial charge in [-0.15, -0.1) is 0 Å². The Balaban J connectivity index is 1.75. The van der Waals surface area contributed by atoms with Gasteiger partial charge in [0.05, 0.1) is 4.90 Å². The third-order valence-corrected chi connectivity index (χ3v) is 4.82. The number of aromatic nitrogens is 2. The molecule has 2 aromatic rings. The molecule has 0 spiro atoms. The minimum absolute atomic E-state index is 0.00146. The number of benzene rings is 1. The highest BCUT2D eigenvalue weighted by Crippen LogP contribution is 2.33. The summed E-state index contributed by atoms with van der Waals surface area (Å²) in [5, 5.41) is 11.2. The van der Waals surface area contributed by atoms with Crippen molar-refractivity contribution < 1.29 is 22.7 Å². The number of primary sulfonamides is 1. The van der Waals surface area contributed by atoms with Crippen molar-refractivity contribution in [2.24, 2.45) is 5.14 Å². The second-order valence-corrected chi connectivity index (χ2v) is 7.26. The number of carbonyl (C=O) groups is 2. The molecule has 0 radical (unpaired) electrons. The van der Waals surface area contributed by atoms with Crippen LogP contribution >= 0.6 is 0 Å². The lowest BCUT2D eigenvalue weighted by Crippen LogP contribution is -2.38. The monoisotopic (exact) mass is 364 g/mol. The summed E-state index contributed by atoms with van der Waals surface area (Å²) in [6.45, 7) is 1.39. The fraction of sp³-hybridized carbons (Fsp3) is 0.267. The van der Waals surface area contributed by atoms with Gasteiger partial charge < -0.3 is 9.64 Å². The number of nitrogens with one attached hydrogen (secondary N) is 1. The maximum Gasteiger partial charge on any atom is 0.356 e. The topological polar surface area (TPSA) is 135 Å². The van der Waals surface area contributed by atoms with Gasteiger partial charge in [-0.2, -0.15) is 5.10 Å². The van der Waals surface area contributed by atoms with Crippen LogP contribution in [0.15, 0.2) is 35.4 Å². The van der Waals surface area contributed by atoms with Gasteiger partial charge in [-0.1, -0.05) is 0 Å². The highest BCUT2D eigenvalue weighted by molar-refractivity contribution is 7.89. The molecule has 1 aromatic heterocycles. The quantitative estimate of drug-likeness (QED) is 0.744. The van der Waals surface area contributed by atoms with E-state index in [2.05, 4.69) is 10.2 Å². The molecule has 0 saturated carbocycles. The lowest BCUT2D eigenvalue weighted by Gasteiger charge is -2.22. The number of ether oxygens (including phenoxy) is 1. The van der Waals surface area contributed by atoms with Crippen LogP contribution in [0.2, 0.25) is 0 Å². The molecular formula is C15H16N4O5S. The van der Waals surface area contributed by atoms with E-state index in [0.29, 0.717) is 17.7 Å². The Morgan fingerprint density at radius 1 is 1.40 bits per heavy atom. The van der Waals surface area contributed by atoms with E-state index in [1.165, 1.54) is 35.4 Å². The summed E-state index contributed by atoms with van der Waals surface area (Å²) in [6, 6.07) is 5.60. The molecule has 1 unspecified atom stereocenters. The van der Waals surface area contributed by atoms with Crippen LogP contribution < -0.4 is 10.0 Å². The number of esters is 1. The molecule has 2 heterocycles. The van der Waals surface area contributed by atoms with E-state index in [0.717, 1.165) is 0 Å². The van der Waals surface area contributed by atoms with Gasteiger partial charge in [-0.05, 0) is 43.2 Å². The first-order chi connectivity index (χ1) is 11.8.